The molecule has 0 aliphatic rings. The second-order valence-electron chi connectivity index (χ2n) is 7.38. The number of hydrogen-bond acceptors (Lipinski definition) is 5. The standard InChI is InChI=1S/C21H33N5O3S/c1-7-22-21(24-15(2)14-20-16(3)25-26(5)17(20)4)23-12-13-29-18-8-10-19(11-9-18)30(6,27)28/h8-11,15H,7,12-14H2,1-6H3,(H2,22,23,24). The van der Waals surface area contributed by atoms with Crippen LogP contribution in [-0.4, -0.2) is 56.2 Å². The summed E-state index contributed by atoms with van der Waals surface area (Å²) in [5, 5.41) is 11.2. The molecule has 0 fully saturated rings. The molecule has 2 aromatic rings. The Kier molecular flexibility index (Phi) is 8.28. The minimum Gasteiger partial charge on any atom is -0.492 e. The Hall–Kier alpha value is -2.55. The summed E-state index contributed by atoms with van der Waals surface area (Å²) in [6.45, 7) is 9.90. The number of hydrogen-bond donors (Lipinski definition) is 2. The predicted molar refractivity (Wildman–Crippen MR) is 120 cm³/mol. The van der Waals surface area contributed by atoms with E-state index < -0.39 is 9.84 Å². The van der Waals surface area contributed by atoms with Gasteiger partial charge in [-0.2, -0.15) is 5.10 Å². The van der Waals surface area contributed by atoms with Crippen LogP contribution < -0.4 is 15.4 Å². The summed E-state index contributed by atoms with van der Waals surface area (Å²) in [7, 11) is -1.24. The first-order valence-corrected chi connectivity index (χ1v) is 12.0. The Labute approximate surface area is 179 Å². The molecular formula is C21H33N5O3S. The van der Waals surface area contributed by atoms with Gasteiger partial charge in [-0.15, -0.1) is 0 Å². The highest BCUT2D eigenvalue weighted by atomic mass is 32.2. The molecule has 1 aromatic heterocycles. The van der Waals surface area contributed by atoms with Gasteiger partial charge in [-0.1, -0.05) is 0 Å². The zero-order valence-electron chi connectivity index (χ0n) is 18.7. The Balaban J connectivity index is 1.89. The molecule has 0 aliphatic heterocycles. The summed E-state index contributed by atoms with van der Waals surface area (Å²) in [5.41, 5.74) is 3.49. The number of nitrogens with zero attached hydrogens (tertiary/aromatic N) is 3. The maximum atomic E-state index is 11.5. The number of nitrogens with one attached hydrogen (secondary N) is 2. The molecule has 166 valence electrons. The Morgan fingerprint density at radius 1 is 1.27 bits per heavy atom. The van der Waals surface area contributed by atoms with Gasteiger partial charge in [-0.25, -0.2) is 13.4 Å². The van der Waals surface area contributed by atoms with E-state index in [1.165, 1.54) is 17.5 Å². The monoisotopic (exact) mass is 435 g/mol. The van der Waals surface area contributed by atoms with Crippen molar-refractivity contribution in [1.82, 2.24) is 20.4 Å². The van der Waals surface area contributed by atoms with Crippen molar-refractivity contribution >= 4 is 15.8 Å². The molecule has 0 bridgehead atoms. The number of benzene rings is 1. The van der Waals surface area contributed by atoms with E-state index in [4.69, 9.17) is 4.74 Å². The van der Waals surface area contributed by atoms with E-state index in [0.29, 0.717) is 18.9 Å². The molecule has 1 heterocycles. The first-order valence-electron chi connectivity index (χ1n) is 10.1. The molecule has 0 saturated carbocycles. The third kappa shape index (κ3) is 6.76. The van der Waals surface area contributed by atoms with Gasteiger partial charge in [0, 0.05) is 31.6 Å². The summed E-state index contributed by atoms with van der Waals surface area (Å²) in [4.78, 5) is 4.85. The lowest BCUT2D eigenvalue weighted by molar-refractivity contribution is 0.328. The minimum absolute atomic E-state index is 0.189. The molecule has 9 heteroatoms. The average Bonchev–Trinajstić information content (AvgIpc) is 2.91. The summed E-state index contributed by atoms with van der Waals surface area (Å²) in [6, 6.07) is 6.59. The fourth-order valence-corrected chi connectivity index (χ4v) is 3.76. The number of aliphatic imine (C=N–C) groups is 1. The van der Waals surface area contributed by atoms with Crippen LogP contribution in [0.4, 0.5) is 0 Å². The Morgan fingerprint density at radius 3 is 2.47 bits per heavy atom. The lowest BCUT2D eigenvalue weighted by Gasteiger charge is -2.18. The third-order valence-electron chi connectivity index (χ3n) is 4.78. The average molecular weight is 436 g/mol. The molecule has 2 N–H and O–H groups in total. The number of guanidine groups is 1. The SMILES string of the molecule is CCNC(=NCCOc1ccc(S(C)(=O)=O)cc1)NC(C)Cc1c(C)nn(C)c1C. The van der Waals surface area contributed by atoms with Crippen LogP contribution in [0.25, 0.3) is 0 Å². The fourth-order valence-electron chi connectivity index (χ4n) is 3.13. The van der Waals surface area contributed by atoms with Crippen molar-refractivity contribution in [2.45, 2.75) is 45.1 Å². The molecule has 1 unspecified atom stereocenters. The lowest BCUT2D eigenvalue weighted by atomic mass is 10.1. The van der Waals surface area contributed by atoms with Gasteiger partial charge in [0.15, 0.2) is 15.8 Å². The number of ether oxygens (including phenoxy) is 1. The van der Waals surface area contributed by atoms with Gasteiger partial charge in [-0.3, -0.25) is 4.68 Å². The van der Waals surface area contributed by atoms with Gasteiger partial charge in [0.1, 0.15) is 12.4 Å². The first-order chi connectivity index (χ1) is 14.1. The minimum atomic E-state index is -3.20. The van der Waals surface area contributed by atoms with E-state index in [0.717, 1.165) is 24.6 Å². The van der Waals surface area contributed by atoms with Gasteiger partial charge in [0.2, 0.25) is 0 Å². The Bertz CT molecular complexity index is 965. The molecule has 8 nitrogen and oxygen atoms in total. The van der Waals surface area contributed by atoms with Crippen molar-refractivity contribution in [3.63, 3.8) is 0 Å². The van der Waals surface area contributed by atoms with Crippen molar-refractivity contribution in [1.29, 1.82) is 0 Å². The largest absolute Gasteiger partial charge is 0.492 e. The van der Waals surface area contributed by atoms with Crippen LogP contribution in [0.2, 0.25) is 0 Å². The fraction of sp³-hybridized carbons (Fsp3) is 0.524. The summed E-state index contributed by atoms with van der Waals surface area (Å²) >= 11 is 0. The second kappa shape index (κ2) is 10.5. The van der Waals surface area contributed by atoms with Crippen LogP contribution in [0.15, 0.2) is 34.2 Å². The van der Waals surface area contributed by atoms with Crippen molar-refractivity contribution in [3.05, 3.63) is 41.2 Å². The number of aromatic nitrogens is 2. The smallest absolute Gasteiger partial charge is 0.191 e. The van der Waals surface area contributed by atoms with Gasteiger partial charge in [-0.05, 0) is 63.9 Å². The summed E-state index contributed by atoms with van der Waals surface area (Å²) in [5.74, 6) is 1.35. The number of aryl methyl sites for hydroxylation is 2. The molecule has 30 heavy (non-hydrogen) atoms. The molecule has 1 aromatic carbocycles. The van der Waals surface area contributed by atoms with Crippen LogP contribution in [-0.2, 0) is 23.3 Å². The topological polar surface area (TPSA) is 97.6 Å². The summed E-state index contributed by atoms with van der Waals surface area (Å²) < 4.78 is 30.6. The highest BCUT2D eigenvalue weighted by Gasteiger charge is 2.14. The van der Waals surface area contributed by atoms with E-state index in [2.05, 4.69) is 34.6 Å². The number of sulfone groups is 1. The van der Waals surface area contributed by atoms with Gasteiger partial charge >= 0.3 is 0 Å². The molecule has 0 saturated heterocycles. The summed E-state index contributed by atoms with van der Waals surface area (Å²) in [6.07, 6.45) is 2.05. The first kappa shape index (κ1) is 23.7. The van der Waals surface area contributed by atoms with E-state index in [1.807, 2.05) is 25.6 Å². The van der Waals surface area contributed by atoms with Crippen molar-refractivity contribution < 1.29 is 13.2 Å². The maximum absolute atomic E-state index is 11.5. The molecule has 0 spiro atoms. The van der Waals surface area contributed by atoms with Crippen LogP contribution >= 0.6 is 0 Å². The normalized spacial score (nSPS) is 13.2. The van der Waals surface area contributed by atoms with Crippen LogP contribution in [0.5, 0.6) is 5.75 Å². The highest BCUT2D eigenvalue weighted by Crippen LogP contribution is 2.16. The zero-order chi connectivity index (χ0) is 22.3. The van der Waals surface area contributed by atoms with E-state index in [1.54, 1.807) is 24.3 Å². The van der Waals surface area contributed by atoms with Crippen LogP contribution in [0.3, 0.4) is 0 Å². The quantitative estimate of drug-likeness (QED) is 0.355. The molecular weight excluding hydrogens is 402 g/mol. The zero-order valence-corrected chi connectivity index (χ0v) is 19.5. The molecule has 0 aliphatic carbocycles. The predicted octanol–water partition coefficient (Wildman–Crippen LogP) is 2.01. The lowest BCUT2D eigenvalue weighted by Crippen LogP contribution is -2.43. The molecule has 0 amide bonds. The van der Waals surface area contributed by atoms with Gasteiger partial charge in [0.05, 0.1) is 17.1 Å². The van der Waals surface area contributed by atoms with Crippen molar-refractivity contribution in [2.75, 3.05) is 26.0 Å². The van der Waals surface area contributed by atoms with Gasteiger partial charge < -0.3 is 15.4 Å². The van der Waals surface area contributed by atoms with Crippen LogP contribution in [0.1, 0.15) is 30.8 Å². The van der Waals surface area contributed by atoms with Crippen molar-refractivity contribution in [2.24, 2.45) is 12.0 Å². The maximum Gasteiger partial charge on any atom is 0.191 e. The molecule has 0 radical (unpaired) electrons. The van der Waals surface area contributed by atoms with E-state index >= 15 is 0 Å². The van der Waals surface area contributed by atoms with Crippen molar-refractivity contribution in [3.8, 4) is 5.75 Å². The highest BCUT2D eigenvalue weighted by molar-refractivity contribution is 7.90. The van der Waals surface area contributed by atoms with Gasteiger partial charge in [0.25, 0.3) is 0 Å². The molecule has 1 atom stereocenters. The van der Waals surface area contributed by atoms with E-state index in [9.17, 15) is 8.42 Å². The van der Waals surface area contributed by atoms with E-state index in [-0.39, 0.29) is 10.9 Å². The Morgan fingerprint density at radius 2 is 1.93 bits per heavy atom. The third-order valence-corrected chi connectivity index (χ3v) is 5.91. The number of rotatable bonds is 9. The molecule has 2 rings (SSSR count). The second-order valence-corrected chi connectivity index (χ2v) is 9.39. The van der Waals surface area contributed by atoms with Crippen LogP contribution in [0, 0.1) is 13.8 Å².